The molecule has 20 heavy (non-hydrogen) atoms. The molecule has 0 spiro atoms. The molecule has 1 heterocycles. The number of aryl methyl sites for hydroxylation is 1. The molecule has 0 saturated carbocycles. The summed E-state index contributed by atoms with van der Waals surface area (Å²) in [5.41, 5.74) is 2.14. The van der Waals surface area contributed by atoms with Gasteiger partial charge in [-0.15, -0.1) is 0 Å². The molecule has 0 fully saturated rings. The van der Waals surface area contributed by atoms with Gasteiger partial charge in [0, 0.05) is 10.2 Å². The molecule has 0 atom stereocenters. The molecule has 0 radical (unpaired) electrons. The lowest BCUT2D eigenvalue weighted by Crippen LogP contribution is -1.98. The van der Waals surface area contributed by atoms with Crippen molar-refractivity contribution >= 4 is 33.4 Å². The second-order valence-corrected chi connectivity index (χ2v) is 6.11. The maximum absolute atomic E-state index is 12.1. The van der Waals surface area contributed by atoms with E-state index in [0.717, 1.165) is 15.9 Å². The van der Waals surface area contributed by atoms with E-state index in [4.69, 9.17) is 4.42 Å². The molecular formula is C14H14BrF2NOS. The van der Waals surface area contributed by atoms with E-state index < -0.39 is 5.76 Å². The van der Waals surface area contributed by atoms with E-state index in [1.54, 1.807) is 12.1 Å². The Morgan fingerprint density at radius 3 is 2.70 bits per heavy atom. The topological polar surface area (TPSA) is 25.2 Å². The third-order valence-electron chi connectivity index (χ3n) is 2.65. The number of hydrogen-bond acceptors (Lipinski definition) is 3. The lowest BCUT2D eigenvalue weighted by Gasteiger charge is -2.07. The summed E-state index contributed by atoms with van der Waals surface area (Å²) in [5.74, 6) is -0.895. The van der Waals surface area contributed by atoms with Crippen LogP contribution in [-0.2, 0) is 12.3 Å². The van der Waals surface area contributed by atoms with Crippen molar-refractivity contribution in [1.29, 1.82) is 0 Å². The molecular weight excluding hydrogens is 348 g/mol. The van der Waals surface area contributed by atoms with E-state index in [9.17, 15) is 8.78 Å². The van der Waals surface area contributed by atoms with Crippen molar-refractivity contribution < 1.29 is 13.2 Å². The molecule has 6 heteroatoms. The van der Waals surface area contributed by atoms with Gasteiger partial charge in [0.1, 0.15) is 11.5 Å². The van der Waals surface area contributed by atoms with Gasteiger partial charge in [0.2, 0.25) is 0 Å². The quantitative estimate of drug-likeness (QED) is 0.743. The molecule has 0 unspecified atom stereocenters. The highest BCUT2D eigenvalue weighted by Gasteiger charge is 2.07. The third-order valence-corrected chi connectivity index (χ3v) is 4.01. The molecule has 1 aromatic carbocycles. The van der Waals surface area contributed by atoms with Gasteiger partial charge in [-0.25, -0.2) is 0 Å². The van der Waals surface area contributed by atoms with Crippen LogP contribution in [0.5, 0.6) is 0 Å². The number of rotatable bonds is 6. The zero-order valence-corrected chi connectivity index (χ0v) is 13.2. The number of alkyl halides is 2. The Hall–Kier alpha value is -1.01. The van der Waals surface area contributed by atoms with Gasteiger partial charge in [0.25, 0.3) is 5.76 Å². The second-order valence-electron chi connectivity index (χ2n) is 4.28. The standard InChI is InChI=1S/C14H14BrF2NOS/c1-9-2-5-13(12(15)6-9)18-7-10-3-4-11(19-10)8-20-14(16)17/h2-6,14,18H,7-8H2,1H3. The first-order valence-electron chi connectivity index (χ1n) is 6.02. The number of benzene rings is 1. The normalized spacial score (nSPS) is 11.1. The Bertz CT molecular complexity index is 574. The van der Waals surface area contributed by atoms with Crippen LogP contribution in [0.3, 0.4) is 0 Å². The number of thioether (sulfide) groups is 1. The van der Waals surface area contributed by atoms with Crippen LogP contribution in [0.2, 0.25) is 0 Å². The minimum absolute atomic E-state index is 0.186. The predicted molar refractivity (Wildman–Crippen MR) is 82.2 cm³/mol. The Balaban J connectivity index is 1.90. The van der Waals surface area contributed by atoms with Crippen molar-refractivity contribution in [3.05, 3.63) is 51.9 Å². The van der Waals surface area contributed by atoms with Crippen LogP contribution in [0.25, 0.3) is 0 Å². The highest BCUT2D eigenvalue weighted by molar-refractivity contribution is 9.10. The molecule has 2 aromatic rings. The van der Waals surface area contributed by atoms with Gasteiger partial charge in [-0.3, -0.25) is 0 Å². The minimum Gasteiger partial charge on any atom is -0.463 e. The largest absolute Gasteiger partial charge is 0.463 e. The van der Waals surface area contributed by atoms with E-state index in [-0.39, 0.29) is 5.75 Å². The predicted octanol–water partition coefficient (Wildman–Crippen LogP) is 5.42. The van der Waals surface area contributed by atoms with Crippen molar-refractivity contribution in [2.75, 3.05) is 5.32 Å². The van der Waals surface area contributed by atoms with Gasteiger partial charge < -0.3 is 9.73 Å². The molecule has 0 amide bonds. The van der Waals surface area contributed by atoms with Crippen LogP contribution < -0.4 is 5.32 Å². The third kappa shape index (κ3) is 4.52. The van der Waals surface area contributed by atoms with E-state index in [1.165, 1.54) is 5.56 Å². The molecule has 2 rings (SSSR count). The number of nitrogens with one attached hydrogen (secondary N) is 1. The Morgan fingerprint density at radius 2 is 2.00 bits per heavy atom. The number of anilines is 1. The highest BCUT2D eigenvalue weighted by atomic mass is 79.9. The molecule has 1 aromatic heterocycles. The SMILES string of the molecule is Cc1ccc(NCc2ccc(CSC(F)F)o2)c(Br)c1. The van der Waals surface area contributed by atoms with Crippen LogP contribution >= 0.6 is 27.7 Å². The monoisotopic (exact) mass is 361 g/mol. The van der Waals surface area contributed by atoms with Gasteiger partial charge in [-0.05, 0) is 52.7 Å². The molecule has 0 bridgehead atoms. The Kier molecular flexibility index (Phi) is 5.48. The van der Waals surface area contributed by atoms with Gasteiger partial charge in [0.15, 0.2) is 0 Å². The lowest BCUT2D eigenvalue weighted by molar-refractivity contribution is 0.251. The summed E-state index contributed by atoms with van der Waals surface area (Å²) in [6, 6.07) is 9.55. The van der Waals surface area contributed by atoms with Crippen molar-refractivity contribution in [2.24, 2.45) is 0 Å². The summed E-state index contributed by atoms with van der Waals surface area (Å²) in [6.45, 7) is 2.54. The highest BCUT2D eigenvalue weighted by Crippen LogP contribution is 2.25. The van der Waals surface area contributed by atoms with E-state index in [0.29, 0.717) is 24.1 Å². The van der Waals surface area contributed by atoms with Crippen LogP contribution in [0.4, 0.5) is 14.5 Å². The average molecular weight is 362 g/mol. The number of furan rings is 1. The summed E-state index contributed by atoms with van der Waals surface area (Å²) in [7, 11) is 0. The molecule has 0 saturated heterocycles. The average Bonchev–Trinajstić information content (AvgIpc) is 2.83. The summed E-state index contributed by atoms with van der Waals surface area (Å²) in [5, 5.41) is 3.24. The molecule has 1 N–H and O–H groups in total. The smallest absolute Gasteiger partial charge is 0.284 e. The second kappa shape index (κ2) is 7.13. The van der Waals surface area contributed by atoms with E-state index >= 15 is 0 Å². The fraction of sp³-hybridized carbons (Fsp3) is 0.286. The molecule has 0 aliphatic rings. The zero-order chi connectivity index (χ0) is 14.5. The van der Waals surface area contributed by atoms with Gasteiger partial charge in [0.05, 0.1) is 12.3 Å². The molecule has 2 nitrogen and oxygen atoms in total. The summed E-state index contributed by atoms with van der Waals surface area (Å²) >= 11 is 4.05. The van der Waals surface area contributed by atoms with Crippen LogP contribution in [0.1, 0.15) is 17.1 Å². The van der Waals surface area contributed by atoms with Gasteiger partial charge in [-0.1, -0.05) is 17.8 Å². The lowest BCUT2D eigenvalue weighted by atomic mass is 10.2. The maximum atomic E-state index is 12.1. The van der Waals surface area contributed by atoms with E-state index in [1.807, 2.05) is 25.1 Å². The molecule has 0 aliphatic carbocycles. The summed E-state index contributed by atoms with van der Waals surface area (Å²) in [4.78, 5) is 0. The minimum atomic E-state index is -2.37. The van der Waals surface area contributed by atoms with Crippen LogP contribution in [0.15, 0.2) is 39.2 Å². The van der Waals surface area contributed by atoms with Crippen LogP contribution in [0, 0.1) is 6.92 Å². The zero-order valence-electron chi connectivity index (χ0n) is 10.8. The van der Waals surface area contributed by atoms with Crippen molar-refractivity contribution in [1.82, 2.24) is 0 Å². The molecule has 108 valence electrons. The fourth-order valence-corrected chi connectivity index (χ4v) is 2.76. The summed E-state index contributed by atoms with van der Waals surface area (Å²) in [6.07, 6.45) is 0. The van der Waals surface area contributed by atoms with Crippen molar-refractivity contribution in [3.63, 3.8) is 0 Å². The van der Waals surface area contributed by atoms with Gasteiger partial charge in [-0.2, -0.15) is 8.78 Å². The molecule has 0 aliphatic heterocycles. The summed E-state index contributed by atoms with van der Waals surface area (Å²) < 4.78 is 30.6. The first-order valence-corrected chi connectivity index (χ1v) is 7.86. The maximum Gasteiger partial charge on any atom is 0.284 e. The first kappa shape index (κ1) is 15.4. The van der Waals surface area contributed by atoms with Gasteiger partial charge >= 0.3 is 0 Å². The van der Waals surface area contributed by atoms with Crippen molar-refractivity contribution in [3.8, 4) is 0 Å². The fourth-order valence-electron chi connectivity index (χ4n) is 1.69. The van der Waals surface area contributed by atoms with Crippen LogP contribution in [-0.4, -0.2) is 5.76 Å². The first-order chi connectivity index (χ1) is 9.54. The Morgan fingerprint density at radius 1 is 1.25 bits per heavy atom. The number of halogens is 3. The Labute approximate surface area is 129 Å². The van der Waals surface area contributed by atoms with Crippen molar-refractivity contribution in [2.45, 2.75) is 25.0 Å². The number of hydrogen-bond donors (Lipinski definition) is 1. The van der Waals surface area contributed by atoms with E-state index in [2.05, 4.69) is 21.2 Å².